The van der Waals surface area contributed by atoms with Crippen molar-refractivity contribution in [3.8, 4) is 0 Å². The maximum Gasteiger partial charge on any atom is 0.145 e. The summed E-state index contributed by atoms with van der Waals surface area (Å²) in [6, 6.07) is 17.9. The van der Waals surface area contributed by atoms with Crippen LogP contribution < -0.4 is 10.6 Å². The van der Waals surface area contributed by atoms with Gasteiger partial charge in [0.15, 0.2) is 0 Å². The summed E-state index contributed by atoms with van der Waals surface area (Å²) in [5.41, 5.74) is 5.10. The van der Waals surface area contributed by atoms with Crippen LogP contribution in [0.5, 0.6) is 0 Å². The van der Waals surface area contributed by atoms with Crippen molar-refractivity contribution in [2.75, 3.05) is 10.6 Å². The first kappa shape index (κ1) is 17.5. The van der Waals surface area contributed by atoms with Crippen LogP contribution in [0.3, 0.4) is 0 Å². The Kier molecular flexibility index (Phi) is 4.46. The van der Waals surface area contributed by atoms with Gasteiger partial charge in [0.1, 0.15) is 5.78 Å². The first-order chi connectivity index (χ1) is 13.7. The van der Waals surface area contributed by atoms with Crippen molar-refractivity contribution in [1.29, 1.82) is 0 Å². The van der Waals surface area contributed by atoms with Gasteiger partial charge in [0, 0.05) is 23.1 Å². The maximum atomic E-state index is 13.4. The third-order valence-corrected chi connectivity index (χ3v) is 6.59. The van der Waals surface area contributed by atoms with E-state index >= 15 is 0 Å². The van der Waals surface area contributed by atoms with Gasteiger partial charge < -0.3 is 10.6 Å². The van der Waals surface area contributed by atoms with Gasteiger partial charge in [-0.1, -0.05) is 48.0 Å². The molecule has 1 aliphatic carbocycles. The molecule has 28 heavy (non-hydrogen) atoms. The Hall–Kier alpha value is -2.56. The number of fused-ring (bicyclic) bond motifs is 2. The molecule has 0 amide bonds. The van der Waals surface area contributed by atoms with Crippen molar-refractivity contribution >= 4 is 40.1 Å². The lowest BCUT2D eigenvalue weighted by molar-refractivity contribution is -0.122. The number of allylic oxidation sites excluding steroid dienone is 1. The van der Waals surface area contributed by atoms with Gasteiger partial charge in [0.05, 0.1) is 23.3 Å². The predicted octanol–water partition coefficient (Wildman–Crippen LogP) is 6.24. The van der Waals surface area contributed by atoms with E-state index in [9.17, 15) is 4.79 Å². The molecule has 2 aliphatic rings. The molecular weight excluding hydrogens is 388 g/mol. The number of anilines is 2. The van der Waals surface area contributed by atoms with Crippen LogP contribution in [0.2, 0.25) is 5.02 Å². The Balaban J connectivity index is 1.63. The van der Waals surface area contributed by atoms with Crippen LogP contribution in [0.1, 0.15) is 29.5 Å². The molecule has 2 aromatic carbocycles. The normalized spacial score (nSPS) is 23.5. The van der Waals surface area contributed by atoms with Gasteiger partial charge in [0.25, 0.3) is 0 Å². The number of rotatable bonds is 2. The Morgan fingerprint density at radius 1 is 1.00 bits per heavy atom. The number of hydrogen-bond acceptors (Lipinski definition) is 4. The number of para-hydroxylation sites is 2. The molecule has 1 aliphatic heterocycles. The molecule has 5 heteroatoms. The van der Waals surface area contributed by atoms with Gasteiger partial charge in [-0.15, -0.1) is 0 Å². The molecule has 3 unspecified atom stereocenters. The smallest absolute Gasteiger partial charge is 0.145 e. The van der Waals surface area contributed by atoms with E-state index in [2.05, 4.69) is 39.6 Å². The van der Waals surface area contributed by atoms with E-state index in [1.807, 2.05) is 42.5 Å². The van der Waals surface area contributed by atoms with Crippen molar-refractivity contribution < 1.29 is 4.79 Å². The number of hydrogen-bond donors (Lipinski definition) is 2. The Morgan fingerprint density at radius 3 is 2.57 bits per heavy atom. The van der Waals surface area contributed by atoms with Gasteiger partial charge in [0.2, 0.25) is 0 Å². The number of benzene rings is 2. The molecule has 140 valence electrons. The number of ketones is 1. The topological polar surface area (TPSA) is 41.1 Å². The molecule has 0 radical (unpaired) electrons. The molecule has 3 nitrogen and oxygen atoms in total. The van der Waals surface area contributed by atoms with Crippen LogP contribution in [-0.2, 0) is 4.79 Å². The van der Waals surface area contributed by atoms with Gasteiger partial charge >= 0.3 is 0 Å². The average molecular weight is 407 g/mol. The van der Waals surface area contributed by atoms with Crippen LogP contribution in [0.25, 0.3) is 0 Å². The van der Waals surface area contributed by atoms with E-state index in [0.29, 0.717) is 11.4 Å². The summed E-state index contributed by atoms with van der Waals surface area (Å²) >= 11 is 8.08. The van der Waals surface area contributed by atoms with Gasteiger partial charge in [-0.05, 0) is 46.2 Å². The number of nitrogens with one attached hydrogen (secondary N) is 2. The minimum absolute atomic E-state index is 0.0201. The Morgan fingerprint density at radius 2 is 1.79 bits per heavy atom. The van der Waals surface area contributed by atoms with Crippen molar-refractivity contribution in [3.63, 3.8) is 0 Å². The fourth-order valence-corrected chi connectivity index (χ4v) is 5.18. The number of carbonyl (C=O) groups excluding carboxylic acids is 1. The van der Waals surface area contributed by atoms with E-state index in [0.717, 1.165) is 28.2 Å². The van der Waals surface area contributed by atoms with Crippen LogP contribution >= 0.6 is 22.9 Å². The highest BCUT2D eigenvalue weighted by molar-refractivity contribution is 7.08. The molecule has 3 atom stereocenters. The first-order valence-electron chi connectivity index (χ1n) is 9.34. The third-order valence-electron chi connectivity index (χ3n) is 5.54. The molecule has 5 rings (SSSR count). The van der Waals surface area contributed by atoms with Crippen LogP contribution in [0.4, 0.5) is 11.4 Å². The Bertz CT molecular complexity index is 1060. The zero-order valence-electron chi connectivity index (χ0n) is 15.1. The van der Waals surface area contributed by atoms with Crippen molar-refractivity contribution in [3.05, 3.63) is 93.3 Å². The van der Waals surface area contributed by atoms with Crippen LogP contribution in [0, 0.1) is 5.92 Å². The molecule has 0 saturated heterocycles. The lowest BCUT2D eigenvalue weighted by Gasteiger charge is -2.32. The van der Waals surface area contributed by atoms with E-state index in [1.54, 1.807) is 11.3 Å². The second kappa shape index (κ2) is 7.12. The van der Waals surface area contributed by atoms with E-state index < -0.39 is 0 Å². The second-order valence-corrected chi connectivity index (χ2v) is 8.43. The van der Waals surface area contributed by atoms with Gasteiger partial charge in [-0.2, -0.15) is 11.3 Å². The van der Waals surface area contributed by atoms with Gasteiger partial charge in [-0.3, -0.25) is 4.79 Å². The predicted molar refractivity (Wildman–Crippen MR) is 116 cm³/mol. The fraction of sp³-hybridized carbons (Fsp3) is 0.174. The molecule has 0 bridgehead atoms. The summed E-state index contributed by atoms with van der Waals surface area (Å²) in [6.45, 7) is 0. The summed E-state index contributed by atoms with van der Waals surface area (Å²) in [6.07, 6.45) is 2.65. The molecule has 1 aromatic heterocycles. The molecule has 2 heterocycles. The maximum absolute atomic E-state index is 13.4. The van der Waals surface area contributed by atoms with E-state index in [4.69, 9.17) is 11.6 Å². The summed E-state index contributed by atoms with van der Waals surface area (Å²) in [5.74, 6) is -0.0412. The van der Waals surface area contributed by atoms with E-state index in [-0.39, 0.29) is 23.7 Å². The van der Waals surface area contributed by atoms with E-state index in [1.165, 1.54) is 0 Å². The molecule has 3 aromatic rings. The molecule has 2 N–H and O–H groups in total. The number of thiophene rings is 1. The third kappa shape index (κ3) is 3.03. The first-order valence-corrected chi connectivity index (χ1v) is 10.7. The lowest BCUT2D eigenvalue weighted by Crippen LogP contribution is -2.33. The van der Waals surface area contributed by atoms with Crippen LogP contribution in [0.15, 0.2) is 77.1 Å². The molecule has 0 spiro atoms. The molecule has 0 saturated carbocycles. The Labute approximate surface area is 173 Å². The summed E-state index contributed by atoms with van der Waals surface area (Å²) in [7, 11) is 0. The minimum atomic E-state index is -0.249. The van der Waals surface area contributed by atoms with Crippen molar-refractivity contribution in [1.82, 2.24) is 0 Å². The number of halogens is 1. The van der Waals surface area contributed by atoms with Crippen LogP contribution in [-0.4, -0.2) is 5.78 Å². The van der Waals surface area contributed by atoms with Gasteiger partial charge in [-0.25, -0.2) is 0 Å². The monoisotopic (exact) mass is 406 g/mol. The molecule has 0 fully saturated rings. The highest BCUT2D eigenvalue weighted by atomic mass is 35.5. The SMILES string of the molecule is O=C1CC(c2ccccc2Cl)C=C2Nc3ccccc3NC(c3ccsc3)C12. The largest absolute Gasteiger partial charge is 0.375 e. The second-order valence-electron chi connectivity index (χ2n) is 7.25. The summed E-state index contributed by atoms with van der Waals surface area (Å²) < 4.78 is 0. The number of Topliss-reactive ketones (excluding diaryl/α,β-unsaturated/α-hetero) is 1. The highest BCUT2D eigenvalue weighted by Gasteiger charge is 2.40. The zero-order chi connectivity index (χ0) is 19.1. The number of carbonyl (C=O) groups is 1. The van der Waals surface area contributed by atoms with Crippen molar-refractivity contribution in [2.45, 2.75) is 18.4 Å². The minimum Gasteiger partial charge on any atom is -0.375 e. The lowest BCUT2D eigenvalue weighted by atomic mass is 9.77. The average Bonchev–Trinajstić information content (AvgIpc) is 3.17. The fourth-order valence-electron chi connectivity index (χ4n) is 4.21. The standard InChI is InChI=1S/C23H19ClN2OS/c24-17-6-2-1-5-16(17)15-11-20-22(21(27)12-15)23(14-9-10-28-13-14)26-19-8-4-3-7-18(19)25-20/h1-11,13,15,22-23,25-26H,12H2. The zero-order valence-corrected chi connectivity index (χ0v) is 16.6. The summed E-state index contributed by atoms with van der Waals surface area (Å²) in [5, 5.41) is 12.0. The summed E-state index contributed by atoms with van der Waals surface area (Å²) in [4.78, 5) is 13.4. The quantitative estimate of drug-likeness (QED) is 0.529. The highest BCUT2D eigenvalue weighted by Crippen LogP contribution is 2.45. The van der Waals surface area contributed by atoms with Crippen molar-refractivity contribution in [2.24, 2.45) is 5.92 Å². The molecular formula is C23H19ClN2OS.